The molecule has 0 fully saturated rings. The van der Waals surface area contributed by atoms with Crippen LogP contribution in [0.5, 0.6) is 0 Å². The number of carbonyl (C=O) groups is 2. The number of ether oxygens (including phenoxy) is 2. The van der Waals surface area contributed by atoms with Crippen LogP contribution in [0.3, 0.4) is 0 Å². The molecule has 8 nitrogen and oxygen atoms in total. The molecule has 0 aliphatic carbocycles. The monoisotopic (exact) mass is 389 g/mol. The second-order valence-electron chi connectivity index (χ2n) is 5.66. The van der Waals surface area contributed by atoms with Crippen LogP contribution in [0, 0.1) is 13.8 Å². The Balaban J connectivity index is 1.81. The third-order valence-corrected chi connectivity index (χ3v) is 4.04. The third kappa shape index (κ3) is 3.85. The molecule has 3 aromatic heterocycles. The first kappa shape index (κ1) is 18.7. The molecular weight excluding hydrogens is 374 g/mol. The second-order valence-corrected chi connectivity index (χ2v) is 6.07. The summed E-state index contributed by atoms with van der Waals surface area (Å²) < 4.78 is 16.6. The molecule has 0 N–H and O–H groups in total. The Bertz CT molecular complexity index is 1010. The third-order valence-electron chi connectivity index (χ3n) is 3.74. The minimum absolute atomic E-state index is 0.0621. The molecule has 0 bridgehead atoms. The molecule has 140 valence electrons. The summed E-state index contributed by atoms with van der Waals surface area (Å²) in [5.74, 6) is -0.737. The van der Waals surface area contributed by atoms with E-state index in [2.05, 4.69) is 14.8 Å². The summed E-state index contributed by atoms with van der Waals surface area (Å²) in [5.41, 5.74) is 1.80. The highest BCUT2D eigenvalue weighted by atomic mass is 35.5. The number of nitrogens with zero attached hydrogens (tertiary/aromatic N) is 3. The Morgan fingerprint density at radius 2 is 2.00 bits per heavy atom. The number of rotatable bonds is 5. The van der Waals surface area contributed by atoms with E-state index in [9.17, 15) is 9.59 Å². The first-order valence-corrected chi connectivity index (χ1v) is 8.30. The van der Waals surface area contributed by atoms with Gasteiger partial charge in [0.1, 0.15) is 5.56 Å². The van der Waals surface area contributed by atoms with Crippen molar-refractivity contribution in [2.45, 2.75) is 20.5 Å². The molecule has 0 amide bonds. The van der Waals surface area contributed by atoms with Gasteiger partial charge in [0.05, 0.1) is 24.1 Å². The highest BCUT2D eigenvalue weighted by Crippen LogP contribution is 2.20. The van der Waals surface area contributed by atoms with Crippen LogP contribution in [0.1, 0.15) is 38.0 Å². The topological polar surface area (TPSA) is 96.5 Å². The minimum atomic E-state index is -0.754. The van der Waals surface area contributed by atoms with Crippen molar-refractivity contribution in [1.82, 2.24) is 14.8 Å². The zero-order valence-corrected chi connectivity index (χ0v) is 15.6. The second kappa shape index (κ2) is 7.63. The summed E-state index contributed by atoms with van der Waals surface area (Å²) in [4.78, 5) is 28.3. The predicted molar refractivity (Wildman–Crippen MR) is 95.0 cm³/mol. The molecule has 0 unspecified atom stereocenters. The lowest BCUT2D eigenvalue weighted by molar-refractivity contribution is 0.0426. The van der Waals surface area contributed by atoms with Crippen LogP contribution in [0.25, 0.3) is 5.82 Å². The van der Waals surface area contributed by atoms with Gasteiger partial charge in [-0.2, -0.15) is 5.10 Å². The fourth-order valence-electron chi connectivity index (χ4n) is 2.50. The highest BCUT2D eigenvalue weighted by molar-refractivity contribution is 6.33. The lowest BCUT2D eigenvalue weighted by atomic mass is 10.2. The van der Waals surface area contributed by atoms with Gasteiger partial charge in [-0.15, -0.1) is 0 Å². The van der Waals surface area contributed by atoms with Crippen LogP contribution in [0.4, 0.5) is 0 Å². The molecule has 9 heteroatoms. The molecule has 3 rings (SSSR count). The summed E-state index contributed by atoms with van der Waals surface area (Å²) >= 11 is 6.10. The van der Waals surface area contributed by atoms with Gasteiger partial charge in [-0.1, -0.05) is 11.6 Å². The molecule has 3 heterocycles. The maximum absolute atomic E-state index is 12.4. The number of aryl methyl sites for hydroxylation is 2. The van der Waals surface area contributed by atoms with Crippen LogP contribution in [-0.2, 0) is 16.1 Å². The molecule has 0 aliphatic heterocycles. The van der Waals surface area contributed by atoms with Gasteiger partial charge in [0, 0.05) is 5.69 Å². The molecule has 3 aromatic rings. The average Bonchev–Trinajstić information content (AvgIpc) is 3.25. The normalized spacial score (nSPS) is 10.7. The molecule has 0 saturated carbocycles. The maximum Gasteiger partial charge on any atom is 0.359 e. The summed E-state index contributed by atoms with van der Waals surface area (Å²) in [5, 5.41) is 4.47. The number of hydrogen-bond acceptors (Lipinski definition) is 7. The zero-order valence-electron chi connectivity index (χ0n) is 14.9. The van der Waals surface area contributed by atoms with Gasteiger partial charge in [-0.25, -0.2) is 19.3 Å². The molecule has 0 saturated heterocycles. The maximum atomic E-state index is 12.4. The fourth-order valence-corrected chi connectivity index (χ4v) is 2.68. The van der Waals surface area contributed by atoms with E-state index < -0.39 is 11.9 Å². The van der Waals surface area contributed by atoms with Gasteiger partial charge < -0.3 is 13.9 Å². The molecular formula is C18H16ClN3O5. The van der Waals surface area contributed by atoms with Gasteiger partial charge in [0.15, 0.2) is 23.9 Å². The van der Waals surface area contributed by atoms with Crippen LogP contribution < -0.4 is 0 Å². The van der Waals surface area contributed by atoms with Crippen molar-refractivity contribution < 1.29 is 23.5 Å². The summed E-state index contributed by atoms with van der Waals surface area (Å²) in [7, 11) is 1.25. The standard InChI is InChI=1S/C18H16ClN3O5/c1-10-8-11(2)22(21-10)15-5-4-13(19)16(20-15)18(24)27-9-14-12(6-7-26-14)17(23)25-3/h4-8H,9H2,1-3H3. The van der Waals surface area contributed by atoms with Crippen LogP contribution in [-0.4, -0.2) is 33.8 Å². The van der Waals surface area contributed by atoms with Crippen molar-refractivity contribution in [3.05, 3.63) is 64.0 Å². The lowest BCUT2D eigenvalue weighted by Gasteiger charge is -2.08. The predicted octanol–water partition coefficient (Wildman–Crippen LogP) is 3.27. The lowest BCUT2D eigenvalue weighted by Crippen LogP contribution is -2.12. The minimum Gasteiger partial charge on any atom is -0.465 e. The van der Waals surface area contributed by atoms with Crippen LogP contribution in [0.2, 0.25) is 5.02 Å². The van der Waals surface area contributed by atoms with Crippen LogP contribution >= 0.6 is 11.6 Å². The largest absolute Gasteiger partial charge is 0.465 e. The Hall–Kier alpha value is -3.13. The number of esters is 2. The number of halogens is 1. The first-order chi connectivity index (χ1) is 12.9. The van der Waals surface area contributed by atoms with Gasteiger partial charge in [-0.05, 0) is 38.1 Å². The number of aromatic nitrogens is 3. The van der Waals surface area contributed by atoms with E-state index in [4.69, 9.17) is 20.8 Å². The number of furan rings is 1. The van der Waals surface area contributed by atoms with Gasteiger partial charge in [0.25, 0.3) is 0 Å². The van der Waals surface area contributed by atoms with Crippen molar-refractivity contribution in [3.8, 4) is 5.82 Å². The quantitative estimate of drug-likeness (QED) is 0.617. The SMILES string of the molecule is COC(=O)c1ccoc1COC(=O)c1nc(-n2nc(C)cc2C)ccc1Cl. The van der Waals surface area contributed by atoms with Crippen molar-refractivity contribution in [2.75, 3.05) is 7.11 Å². The molecule has 0 aliphatic rings. The van der Waals surface area contributed by atoms with E-state index in [1.165, 1.54) is 19.4 Å². The number of hydrogen-bond donors (Lipinski definition) is 0. The van der Waals surface area contributed by atoms with E-state index in [1.54, 1.807) is 16.8 Å². The zero-order chi connectivity index (χ0) is 19.6. The van der Waals surface area contributed by atoms with E-state index in [1.807, 2.05) is 19.9 Å². The number of pyridine rings is 1. The summed E-state index contributed by atoms with van der Waals surface area (Å²) in [6.45, 7) is 3.47. The number of methoxy groups -OCH3 is 1. The van der Waals surface area contributed by atoms with Crippen molar-refractivity contribution in [1.29, 1.82) is 0 Å². The van der Waals surface area contributed by atoms with E-state index in [0.717, 1.165) is 11.4 Å². The fraction of sp³-hybridized carbons (Fsp3) is 0.222. The van der Waals surface area contributed by atoms with Gasteiger partial charge in [-0.3, -0.25) is 0 Å². The van der Waals surface area contributed by atoms with Gasteiger partial charge in [0.2, 0.25) is 0 Å². The van der Waals surface area contributed by atoms with Crippen molar-refractivity contribution in [3.63, 3.8) is 0 Å². The highest BCUT2D eigenvalue weighted by Gasteiger charge is 2.20. The molecule has 0 radical (unpaired) electrons. The molecule has 0 atom stereocenters. The molecule has 0 aromatic carbocycles. The Labute approximate surface area is 159 Å². The number of carbonyl (C=O) groups excluding carboxylic acids is 2. The molecule has 27 heavy (non-hydrogen) atoms. The average molecular weight is 390 g/mol. The molecule has 0 spiro atoms. The Kier molecular flexibility index (Phi) is 5.27. The van der Waals surface area contributed by atoms with Crippen molar-refractivity contribution >= 4 is 23.5 Å². The van der Waals surface area contributed by atoms with E-state index in [-0.39, 0.29) is 28.6 Å². The van der Waals surface area contributed by atoms with E-state index in [0.29, 0.717) is 5.82 Å². The Morgan fingerprint density at radius 1 is 1.22 bits per heavy atom. The van der Waals surface area contributed by atoms with Gasteiger partial charge >= 0.3 is 11.9 Å². The summed E-state index contributed by atoms with van der Waals surface area (Å²) in [6.07, 6.45) is 1.31. The summed E-state index contributed by atoms with van der Waals surface area (Å²) in [6, 6.07) is 6.52. The van der Waals surface area contributed by atoms with Crippen molar-refractivity contribution in [2.24, 2.45) is 0 Å². The van der Waals surface area contributed by atoms with Crippen LogP contribution in [0.15, 0.2) is 34.9 Å². The smallest absolute Gasteiger partial charge is 0.359 e. The van der Waals surface area contributed by atoms with E-state index >= 15 is 0 Å². The first-order valence-electron chi connectivity index (χ1n) is 7.92. The Morgan fingerprint density at radius 3 is 2.67 bits per heavy atom.